The molecule has 1 fully saturated rings. The van der Waals surface area contributed by atoms with Crippen LogP contribution in [0, 0.1) is 0 Å². The standard InChI is InChI=1S/C22H26F3N3O2/c23-16-22(24,25)19-14-17(8-9-26)6-7-20(19)27-10-12-28(13-11-27)21(29)30-15-18-4-2-1-3-5-18/h1-7,14H,8-13,15-16,26H2. The van der Waals surface area contributed by atoms with Gasteiger partial charge in [-0.15, -0.1) is 0 Å². The smallest absolute Gasteiger partial charge is 0.410 e. The Morgan fingerprint density at radius 2 is 1.73 bits per heavy atom. The molecule has 0 saturated carbocycles. The van der Waals surface area contributed by atoms with Crippen LogP contribution in [0.3, 0.4) is 0 Å². The number of carbonyl (C=O) groups excluding carboxylic acids is 1. The second-order valence-electron chi connectivity index (χ2n) is 7.24. The van der Waals surface area contributed by atoms with Crippen LogP contribution < -0.4 is 10.6 Å². The van der Waals surface area contributed by atoms with Gasteiger partial charge >= 0.3 is 12.0 Å². The summed E-state index contributed by atoms with van der Waals surface area (Å²) in [7, 11) is 0. The Kier molecular flexibility index (Phi) is 7.20. The number of hydrogen-bond acceptors (Lipinski definition) is 4. The van der Waals surface area contributed by atoms with Gasteiger partial charge in [-0.3, -0.25) is 0 Å². The first kappa shape index (κ1) is 22.0. The molecule has 2 N–H and O–H groups in total. The number of benzene rings is 2. The van der Waals surface area contributed by atoms with Gasteiger partial charge in [0.25, 0.3) is 0 Å². The van der Waals surface area contributed by atoms with Crippen LogP contribution in [0.25, 0.3) is 0 Å². The average Bonchev–Trinajstić information content (AvgIpc) is 2.78. The Hall–Kier alpha value is -2.74. The third-order valence-corrected chi connectivity index (χ3v) is 5.14. The Balaban J connectivity index is 1.64. The lowest BCUT2D eigenvalue weighted by molar-refractivity contribution is -0.0277. The minimum Gasteiger partial charge on any atom is -0.445 e. The van der Waals surface area contributed by atoms with Gasteiger partial charge in [-0.25, -0.2) is 9.18 Å². The molecule has 0 spiro atoms. The maximum Gasteiger partial charge on any atom is 0.410 e. The Labute approximate surface area is 174 Å². The lowest BCUT2D eigenvalue weighted by Gasteiger charge is -2.37. The zero-order valence-corrected chi connectivity index (χ0v) is 16.7. The fourth-order valence-electron chi connectivity index (χ4n) is 3.49. The molecule has 2 aromatic rings. The van der Waals surface area contributed by atoms with Crippen LogP contribution in [0.5, 0.6) is 0 Å². The summed E-state index contributed by atoms with van der Waals surface area (Å²) >= 11 is 0. The summed E-state index contributed by atoms with van der Waals surface area (Å²) in [6, 6.07) is 14.0. The molecule has 0 aromatic heterocycles. The number of amides is 1. The molecular formula is C22H26F3N3O2. The van der Waals surface area contributed by atoms with E-state index in [0.29, 0.717) is 44.7 Å². The average molecular weight is 421 g/mol. The molecule has 1 heterocycles. The molecule has 0 atom stereocenters. The van der Waals surface area contributed by atoms with E-state index in [4.69, 9.17) is 10.5 Å². The van der Waals surface area contributed by atoms with Crippen molar-refractivity contribution in [1.29, 1.82) is 0 Å². The highest BCUT2D eigenvalue weighted by Gasteiger charge is 2.36. The monoisotopic (exact) mass is 421 g/mol. The molecule has 0 radical (unpaired) electrons. The number of rotatable bonds is 7. The lowest BCUT2D eigenvalue weighted by atomic mass is 10.0. The van der Waals surface area contributed by atoms with Crippen LogP contribution in [0.15, 0.2) is 48.5 Å². The van der Waals surface area contributed by atoms with Crippen molar-refractivity contribution in [3.63, 3.8) is 0 Å². The first-order valence-corrected chi connectivity index (χ1v) is 9.92. The van der Waals surface area contributed by atoms with Crippen LogP contribution in [0.1, 0.15) is 16.7 Å². The van der Waals surface area contributed by atoms with E-state index in [2.05, 4.69) is 0 Å². The lowest BCUT2D eigenvalue weighted by Crippen LogP contribution is -2.49. The minimum absolute atomic E-state index is 0.176. The maximum absolute atomic E-state index is 14.3. The molecule has 0 aliphatic carbocycles. The molecule has 1 amide bonds. The van der Waals surface area contributed by atoms with E-state index in [-0.39, 0.29) is 17.9 Å². The van der Waals surface area contributed by atoms with Gasteiger partial charge in [-0.1, -0.05) is 36.4 Å². The van der Waals surface area contributed by atoms with Crippen molar-refractivity contribution >= 4 is 11.8 Å². The van der Waals surface area contributed by atoms with E-state index >= 15 is 0 Å². The Morgan fingerprint density at radius 1 is 1.03 bits per heavy atom. The number of alkyl halides is 3. The second-order valence-corrected chi connectivity index (χ2v) is 7.24. The van der Waals surface area contributed by atoms with Gasteiger partial charge in [-0.05, 0) is 36.2 Å². The zero-order valence-electron chi connectivity index (χ0n) is 16.7. The van der Waals surface area contributed by atoms with Crippen LogP contribution in [0.4, 0.5) is 23.7 Å². The summed E-state index contributed by atoms with van der Waals surface area (Å²) in [5.41, 5.74) is 7.00. The maximum atomic E-state index is 14.3. The predicted molar refractivity (Wildman–Crippen MR) is 109 cm³/mol. The van der Waals surface area contributed by atoms with Gasteiger partial charge in [0.1, 0.15) is 6.61 Å². The molecule has 0 bridgehead atoms. The number of carbonyl (C=O) groups is 1. The van der Waals surface area contributed by atoms with Crippen LogP contribution in [-0.4, -0.2) is 50.4 Å². The molecule has 30 heavy (non-hydrogen) atoms. The van der Waals surface area contributed by atoms with Gasteiger partial charge in [0, 0.05) is 37.4 Å². The van der Waals surface area contributed by atoms with E-state index in [1.165, 1.54) is 6.07 Å². The van der Waals surface area contributed by atoms with Crippen LogP contribution >= 0.6 is 0 Å². The van der Waals surface area contributed by atoms with Gasteiger partial charge in [-0.2, -0.15) is 8.78 Å². The SMILES string of the molecule is NCCc1ccc(N2CCN(C(=O)OCc3ccccc3)CC2)c(C(F)(F)CF)c1. The quantitative estimate of drug-likeness (QED) is 0.741. The van der Waals surface area contributed by atoms with E-state index < -0.39 is 18.7 Å². The number of nitrogens with two attached hydrogens (primary N) is 1. The van der Waals surface area contributed by atoms with E-state index in [1.807, 2.05) is 30.3 Å². The number of hydrogen-bond donors (Lipinski definition) is 1. The summed E-state index contributed by atoms with van der Waals surface area (Å²) in [5.74, 6) is -3.58. The zero-order chi connectivity index (χ0) is 21.6. The highest BCUT2D eigenvalue weighted by Crippen LogP contribution is 2.37. The number of ether oxygens (including phenoxy) is 1. The third-order valence-electron chi connectivity index (χ3n) is 5.14. The molecule has 162 valence electrons. The molecule has 3 rings (SSSR count). The van der Waals surface area contributed by atoms with Gasteiger partial charge in [0.2, 0.25) is 0 Å². The molecule has 5 nitrogen and oxygen atoms in total. The molecular weight excluding hydrogens is 395 g/mol. The van der Waals surface area contributed by atoms with Crippen molar-refractivity contribution in [2.45, 2.75) is 19.0 Å². The van der Waals surface area contributed by atoms with Crippen molar-refractivity contribution in [2.24, 2.45) is 5.73 Å². The van der Waals surface area contributed by atoms with Gasteiger partial charge < -0.3 is 20.3 Å². The fourth-order valence-corrected chi connectivity index (χ4v) is 3.49. The largest absolute Gasteiger partial charge is 0.445 e. The summed E-state index contributed by atoms with van der Waals surface area (Å²) < 4.78 is 46.9. The third kappa shape index (κ3) is 5.24. The number of nitrogens with zero attached hydrogens (tertiary/aromatic N) is 2. The number of anilines is 1. The summed E-state index contributed by atoms with van der Waals surface area (Å²) in [6.07, 6.45) is 0.00236. The highest BCUT2D eigenvalue weighted by molar-refractivity contribution is 5.68. The van der Waals surface area contributed by atoms with Crippen molar-refractivity contribution < 1.29 is 22.7 Å². The normalized spacial score (nSPS) is 14.7. The van der Waals surface area contributed by atoms with Crippen LogP contribution in [-0.2, 0) is 23.7 Å². The fraction of sp³-hybridized carbons (Fsp3) is 0.409. The molecule has 0 unspecified atom stereocenters. The van der Waals surface area contributed by atoms with Crippen LogP contribution in [0.2, 0.25) is 0 Å². The molecule has 1 saturated heterocycles. The molecule has 1 aliphatic rings. The summed E-state index contributed by atoms with van der Waals surface area (Å²) in [4.78, 5) is 15.6. The highest BCUT2D eigenvalue weighted by atomic mass is 19.3. The molecule has 8 heteroatoms. The Bertz CT molecular complexity index is 841. The molecule has 2 aromatic carbocycles. The minimum atomic E-state index is -3.58. The van der Waals surface area contributed by atoms with Gasteiger partial charge in [0.15, 0.2) is 6.67 Å². The second kappa shape index (κ2) is 9.84. The molecule has 1 aliphatic heterocycles. The summed E-state index contributed by atoms with van der Waals surface area (Å²) in [5, 5.41) is 0. The van der Waals surface area contributed by atoms with Gasteiger partial charge in [0.05, 0.1) is 0 Å². The van der Waals surface area contributed by atoms with Crippen molar-refractivity contribution in [3.05, 3.63) is 65.2 Å². The van der Waals surface area contributed by atoms with Crippen molar-refractivity contribution in [2.75, 3.05) is 44.3 Å². The predicted octanol–water partition coefficient (Wildman–Crippen LogP) is 3.71. The summed E-state index contributed by atoms with van der Waals surface area (Å²) in [6.45, 7) is 0.104. The topological polar surface area (TPSA) is 58.8 Å². The first-order chi connectivity index (χ1) is 14.4. The number of halogens is 3. The van der Waals surface area contributed by atoms with Crippen molar-refractivity contribution in [3.8, 4) is 0 Å². The van der Waals surface area contributed by atoms with Crippen molar-refractivity contribution in [1.82, 2.24) is 4.90 Å². The van der Waals surface area contributed by atoms with E-state index in [0.717, 1.165) is 5.56 Å². The van der Waals surface area contributed by atoms with E-state index in [9.17, 15) is 18.0 Å². The number of piperazine rings is 1. The van der Waals surface area contributed by atoms with E-state index in [1.54, 1.807) is 21.9 Å². The first-order valence-electron chi connectivity index (χ1n) is 9.92. The Morgan fingerprint density at radius 3 is 2.37 bits per heavy atom.